The summed E-state index contributed by atoms with van der Waals surface area (Å²) in [7, 11) is 1.61. The molecule has 1 N–H and O–H groups in total. The number of rotatable bonds is 5. The number of benzene rings is 1. The van der Waals surface area contributed by atoms with Crippen LogP contribution in [0.4, 0.5) is 5.69 Å². The van der Waals surface area contributed by atoms with Crippen LogP contribution in [0.25, 0.3) is 5.69 Å². The van der Waals surface area contributed by atoms with E-state index in [4.69, 9.17) is 4.74 Å². The van der Waals surface area contributed by atoms with E-state index < -0.39 is 0 Å². The highest BCUT2D eigenvalue weighted by Gasteiger charge is 1.98. The Morgan fingerprint density at radius 1 is 1.14 bits per heavy atom. The fourth-order valence-electron chi connectivity index (χ4n) is 2.01. The zero-order valence-corrected chi connectivity index (χ0v) is 11.7. The molecule has 0 saturated heterocycles. The Balaban J connectivity index is 1.62. The van der Waals surface area contributed by atoms with E-state index in [-0.39, 0.29) is 0 Å². The van der Waals surface area contributed by atoms with Gasteiger partial charge in [-0.2, -0.15) is 0 Å². The molecule has 2 aromatic heterocycles. The lowest BCUT2D eigenvalue weighted by atomic mass is 10.2. The molecule has 0 spiro atoms. The van der Waals surface area contributed by atoms with E-state index in [1.807, 2.05) is 22.9 Å². The monoisotopic (exact) mass is 280 g/mol. The minimum atomic E-state index is 0.616. The molecule has 0 radical (unpaired) electrons. The topological polar surface area (TPSA) is 52.0 Å². The third kappa shape index (κ3) is 3.20. The van der Waals surface area contributed by atoms with Gasteiger partial charge in [-0.3, -0.25) is 0 Å². The van der Waals surface area contributed by atoms with Crippen molar-refractivity contribution in [3.05, 3.63) is 66.9 Å². The van der Waals surface area contributed by atoms with Crippen LogP contribution in [0.3, 0.4) is 0 Å². The van der Waals surface area contributed by atoms with Gasteiger partial charge in [0, 0.05) is 30.7 Å². The number of nitrogens with one attached hydrogen (secondary N) is 1. The molecule has 0 aliphatic heterocycles. The van der Waals surface area contributed by atoms with E-state index in [2.05, 4.69) is 39.6 Å². The molecule has 0 atom stereocenters. The van der Waals surface area contributed by atoms with Gasteiger partial charge in [-0.05, 0) is 23.8 Å². The highest BCUT2D eigenvalue weighted by atomic mass is 16.5. The molecule has 0 bridgehead atoms. The molecule has 3 aromatic rings. The minimum absolute atomic E-state index is 0.616. The first-order valence-electron chi connectivity index (χ1n) is 6.66. The van der Waals surface area contributed by atoms with Crippen molar-refractivity contribution in [1.29, 1.82) is 0 Å². The largest absolute Gasteiger partial charge is 0.481 e. The number of nitrogens with zero attached hydrogens (tertiary/aromatic N) is 3. The van der Waals surface area contributed by atoms with Crippen LogP contribution in [-0.4, -0.2) is 21.6 Å². The van der Waals surface area contributed by atoms with Crippen molar-refractivity contribution in [1.82, 2.24) is 14.5 Å². The van der Waals surface area contributed by atoms with Crippen molar-refractivity contribution in [2.45, 2.75) is 6.54 Å². The lowest BCUT2D eigenvalue weighted by Gasteiger charge is -2.08. The number of pyridine rings is 1. The summed E-state index contributed by atoms with van der Waals surface area (Å²) in [6.45, 7) is 0.748. The first-order chi connectivity index (χ1) is 10.3. The number of ether oxygens (including phenoxy) is 1. The summed E-state index contributed by atoms with van der Waals surface area (Å²) < 4.78 is 7.01. The van der Waals surface area contributed by atoms with Gasteiger partial charge in [0.15, 0.2) is 0 Å². The third-order valence-corrected chi connectivity index (χ3v) is 3.18. The van der Waals surface area contributed by atoms with Crippen LogP contribution in [0, 0.1) is 0 Å². The van der Waals surface area contributed by atoms with Gasteiger partial charge in [-0.25, -0.2) is 9.97 Å². The number of hydrogen-bond acceptors (Lipinski definition) is 4. The highest BCUT2D eigenvalue weighted by Crippen LogP contribution is 2.14. The highest BCUT2D eigenvalue weighted by molar-refractivity contribution is 5.43. The molecule has 0 saturated carbocycles. The maximum Gasteiger partial charge on any atom is 0.213 e. The van der Waals surface area contributed by atoms with Crippen molar-refractivity contribution >= 4 is 5.69 Å². The van der Waals surface area contributed by atoms with Gasteiger partial charge in [0.1, 0.15) is 0 Å². The fourth-order valence-corrected chi connectivity index (χ4v) is 2.01. The van der Waals surface area contributed by atoms with Crippen LogP contribution < -0.4 is 10.1 Å². The number of imidazole rings is 1. The Morgan fingerprint density at radius 3 is 2.62 bits per heavy atom. The van der Waals surface area contributed by atoms with Crippen LogP contribution in [0.1, 0.15) is 5.56 Å². The van der Waals surface area contributed by atoms with Gasteiger partial charge in [-0.15, -0.1) is 0 Å². The van der Waals surface area contributed by atoms with Crippen LogP contribution in [0.2, 0.25) is 0 Å². The summed E-state index contributed by atoms with van der Waals surface area (Å²) in [5, 5.41) is 3.33. The summed E-state index contributed by atoms with van der Waals surface area (Å²) in [5.74, 6) is 0.616. The molecule has 0 aliphatic carbocycles. The second-order valence-corrected chi connectivity index (χ2v) is 4.58. The number of aromatic nitrogens is 3. The lowest BCUT2D eigenvalue weighted by Crippen LogP contribution is -2.00. The summed E-state index contributed by atoms with van der Waals surface area (Å²) in [6, 6.07) is 12.1. The molecule has 106 valence electrons. The average molecular weight is 280 g/mol. The summed E-state index contributed by atoms with van der Waals surface area (Å²) >= 11 is 0. The van der Waals surface area contributed by atoms with E-state index in [0.717, 1.165) is 17.9 Å². The van der Waals surface area contributed by atoms with Crippen LogP contribution in [0.5, 0.6) is 5.88 Å². The van der Waals surface area contributed by atoms with Crippen molar-refractivity contribution in [2.24, 2.45) is 0 Å². The first kappa shape index (κ1) is 13.2. The fraction of sp³-hybridized carbons (Fsp3) is 0.125. The summed E-state index contributed by atoms with van der Waals surface area (Å²) in [4.78, 5) is 8.21. The van der Waals surface area contributed by atoms with Crippen LogP contribution in [0.15, 0.2) is 61.3 Å². The Kier molecular flexibility index (Phi) is 3.82. The van der Waals surface area contributed by atoms with E-state index in [1.54, 1.807) is 25.8 Å². The molecule has 21 heavy (non-hydrogen) atoms. The predicted molar refractivity (Wildman–Crippen MR) is 81.7 cm³/mol. The van der Waals surface area contributed by atoms with Crippen LogP contribution in [-0.2, 0) is 6.54 Å². The molecule has 0 amide bonds. The van der Waals surface area contributed by atoms with Gasteiger partial charge in [0.05, 0.1) is 25.3 Å². The number of hydrogen-bond donors (Lipinski definition) is 1. The van der Waals surface area contributed by atoms with Gasteiger partial charge in [-0.1, -0.05) is 12.1 Å². The van der Waals surface area contributed by atoms with E-state index >= 15 is 0 Å². The smallest absolute Gasteiger partial charge is 0.213 e. The Labute approximate surface area is 123 Å². The van der Waals surface area contributed by atoms with Gasteiger partial charge < -0.3 is 14.6 Å². The molecule has 0 unspecified atom stereocenters. The number of anilines is 1. The molecule has 1 aromatic carbocycles. The van der Waals surface area contributed by atoms with Gasteiger partial charge in [0.25, 0.3) is 0 Å². The normalized spacial score (nSPS) is 10.3. The standard InChI is InChI=1S/C16H16N4O/c1-21-16-7-4-14(11-19-16)18-10-13-2-5-15(6-3-13)20-9-8-17-12-20/h2-9,11-12,18H,10H2,1H3. The van der Waals surface area contributed by atoms with Crippen LogP contribution >= 0.6 is 0 Å². The Morgan fingerprint density at radius 2 is 2.00 bits per heavy atom. The Hall–Kier alpha value is -2.82. The average Bonchev–Trinajstić information content (AvgIpc) is 3.08. The van der Waals surface area contributed by atoms with Crippen molar-refractivity contribution in [3.63, 3.8) is 0 Å². The zero-order chi connectivity index (χ0) is 14.5. The number of methoxy groups -OCH3 is 1. The second kappa shape index (κ2) is 6.09. The molecule has 0 aliphatic rings. The SMILES string of the molecule is COc1ccc(NCc2ccc(-n3ccnc3)cc2)cn1. The zero-order valence-electron chi connectivity index (χ0n) is 11.7. The molecule has 5 nitrogen and oxygen atoms in total. The molecule has 5 heteroatoms. The van der Waals surface area contributed by atoms with Gasteiger partial charge in [0.2, 0.25) is 5.88 Å². The molecular formula is C16H16N4O. The Bertz CT molecular complexity index is 675. The van der Waals surface area contributed by atoms with Crippen molar-refractivity contribution < 1.29 is 4.74 Å². The third-order valence-electron chi connectivity index (χ3n) is 3.18. The second-order valence-electron chi connectivity index (χ2n) is 4.58. The lowest BCUT2D eigenvalue weighted by molar-refractivity contribution is 0.398. The predicted octanol–water partition coefficient (Wildman–Crippen LogP) is 2.89. The quantitative estimate of drug-likeness (QED) is 0.780. The van der Waals surface area contributed by atoms with E-state index in [1.165, 1.54) is 5.56 Å². The minimum Gasteiger partial charge on any atom is -0.481 e. The maximum absolute atomic E-state index is 5.03. The van der Waals surface area contributed by atoms with Crippen molar-refractivity contribution in [2.75, 3.05) is 12.4 Å². The molecular weight excluding hydrogens is 264 g/mol. The maximum atomic E-state index is 5.03. The summed E-state index contributed by atoms with van der Waals surface area (Å²) in [5.41, 5.74) is 3.27. The first-order valence-corrected chi connectivity index (χ1v) is 6.66. The molecule has 0 fully saturated rings. The summed E-state index contributed by atoms with van der Waals surface area (Å²) in [6.07, 6.45) is 7.25. The molecule has 2 heterocycles. The molecule has 3 rings (SSSR count). The van der Waals surface area contributed by atoms with E-state index in [9.17, 15) is 0 Å². The van der Waals surface area contributed by atoms with Gasteiger partial charge >= 0.3 is 0 Å². The van der Waals surface area contributed by atoms with E-state index in [0.29, 0.717) is 5.88 Å². The van der Waals surface area contributed by atoms with Crippen molar-refractivity contribution in [3.8, 4) is 11.6 Å².